The van der Waals surface area contributed by atoms with Crippen LogP contribution >= 0.6 is 0 Å². The number of aryl methyl sites for hydroxylation is 2. The Hall–Kier alpha value is -3.06. The van der Waals surface area contributed by atoms with E-state index in [9.17, 15) is 14.8 Å². The fraction of sp³-hybridized carbons (Fsp3) is 0.440. The summed E-state index contributed by atoms with van der Waals surface area (Å²) in [4.78, 5) is 30.0. The number of nitrogens with one attached hydrogen (secondary N) is 1. The highest BCUT2D eigenvalue weighted by Gasteiger charge is 2.56. The van der Waals surface area contributed by atoms with Crippen molar-refractivity contribution in [1.29, 1.82) is 0 Å². The molecular weight excluding hydrogens is 404 g/mol. The maximum Gasteiger partial charge on any atom is 0.347 e. The highest BCUT2D eigenvalue weighted by atomic mass is 16.5. The summed E-state index contributed by atoms with van der Waals surface area (Å²) in [6.07, 6.45) is -0.0862. The van der Waals surface area contributed by atoms with Gasteiger partial charge in [0, 0.05) is 12.2 Å². The molecule has 1 heterocycles. The molecule has 32 heavy (non-hydrogen) atoms. The van der Waals surface area contributed by atoms with Gasteiger partial charge in [0.2, 0.25) is 0 Å². The molecule has 1 saturated heterocycles. The van der Waals surface area contributed by atoms with Gasteiger partial charge in [0.1, 0.15) is 0 Å². The third kappa shape index (κ3) is 4.43. The van der Waals surface area contributed by atoms with Crippen LogP contribution in [0, 0.1) is 19.8 Å². The van der Waals surface area contributed by atoms with Crippen molar-refractivity contribution in [2.45, 2.75) is 59.7 Å². The zero-order valence-electron chi connectivity index (χ0n) is 19.8. The molecule has 0 spiro atoms. The summed E-state index contributed by atoms with van der Waals surface area (Å²) >= 11 is 0. The van der Waals surface area contributed by atoms with Crippen molar-refractivity contribution in [1.82, 2.24) is 9.96 Å². The lowest BCUT2D eigenvalue weighted by Gasteiger charge is -2.38. The van der Waals surface area contributed by atoms with Crippen LogP contribution in [0.2, 0.25) is 0 Å². The van der Waals surface area contributed by atoms with Crippen molar-refractivity contribution in [3.05, 3.63) is 59.7 Å². The van der Waals surface area contributed by atoms with Crippen LogP contribution in [0.4, 0.5) is 21.0 Å². The monoisotopic (exact) mass is 438 g/mol. The molecule has 1 aliphatic heterocycles. The first kappa shape index (κ1) is 23.6. The van der Waals surface area contributed by atoms with Crippen molar-refractivity contribution in [2.75, 3.05) is 16.8 Å². The first-order chi connectivity index (χ1) is 15.1. The fourth-order valence-electron chi connectivity index (χ4n) is 4.18. The van der Waals surface area contributed by atoms with E-state index >= 15 is 0 Å². The standard InChI is InChI=1S/C25H34N4O3/c1-17(2)15-16-27-24(31)28(21-14-10-8-12-19(21)4)22(25(27,5)6)29(32)23(30)26-20-13-9-7-11-18(20)3/h7-14,17,22,32H,15-16H2,1-6H3,(H,26,30)/t22-/m1/s1. The van der Waals surface area contributed by atoms with Gasteiger partial charge in [-0.3, -0.25) is 10.1 Å². The summed E-state index contributed by atoms with van der Waals surface area (Å²) in [5.74, 6) is 0.416. The third-order valence-electron chi connectivity index (χ3n) is 6.14. The number of hydrogen-bond acceptors (Lipinski definition) is 3. The SMILES string of the molecule is Cc1ccccc1NC(=O)N(O)[C@H]1N(c2ccccc2C)C(=O)N(CCC(C)C)C1(C)C. The third-order valence-corrected chi connectivity index (χ3v) is 6.14. The number of urea groups is 2. The summed E-state index contributed by atoms with van der Waals surface area (Å²) < 4.78 is 0. The minimum absolute atomic E-state index is 0.224. The van der Waals surface area contributed by atoms with Crippen LogP contribution in [0.3, 0.4) is 0 Å². The molecule has 1 atom stereocenters. The van der Waals surface area contributed by atoms with Crippen molar-refractivity contribution in [3.63, 3.8) is 0 Å². The lowest BCUT2D eigenvalue weighted by Crippen LogP contribution is -2.58. The van der Waals surface area contributed by atoms with Crippen molar-refractivity contribution in [2.24, 2.45) is 5.92 Å². The number of amides is 4. The number of nitrogens with zero attached hydrogens (tertiary/aromatic N) is 3. The zero-order valence-corrected chi connectivity index (χ0v) is 19.8. The summed E-state index contributed by atoms with van der Waals surface area (Å²) in [7, 11) is 0. The van der Waals surface area contributed by atoms with Gasteiger partial charge in [0.05, 0.1) is 11.2 Å². The van der Waals surface area contributed by atoms with E-state index in [0.717, 1.165) is 17.5 Å². The Morgan fingerprint density at radius 1 is 1.09 bits per heavy atom. The van der Waals surface area contributed by atoms with E-state index in [1.165, 1.54) is 4.90 Å². The molecular formula is C25H34N4O3. The van der Waals surface area contributed by atoms with Gasteiger partial charge in [-0.25, -0.2) is 9.59 Å². The van der Waals surface area contributed by atoms with Crippen LogP contribution in [-0.2, 0) is 0 Å². The quantitative estimate of drug-likeness (QED) is 0.454. The average molecular weight is 439 g/mol. The first-order valence-electron chi connectivity index (χ1n) is 11.1. The molecule has 3 rings (SSSR count). The lowest BCUT2D eigenvalue weighted by atomic mass is 9.98. The molecule has 0 bridgehead atoms. The highest BCUT2D eigenvalue weighted by Crippen LogP contribution is 2.39. The van der Waals surface area contributed by atoms with E-state index in [0.29, 0.717) is 28.9 Å². The minimum atomic E-state index is -0.910. The molecule has 2 N–H and O–H groups in total. The summed E-state index contributed by atoms with van der Waals surface area (Å²) in [6.45, 7) is 12.3. The van der Waals surface area contributed by atoms with E-state index in [4.69, 9.17) is 0 Å². The van der Waals surface area contributed by atoms with E-state index < -0.39 is 17.7 Å². The number of hydrogen-bond donors (Lipinski definition) is 2. The van der Waals surface area contributed by atoms with Gasteiger partial charge in [0.15, 0.2) is 6.17 Å². The van der Waals surface area contributed by atoms with Gasteiger partial charge >= 0.3 is 12.1 Å². The molecule has 7 heteroatoms. The van der Waals surface area contributed by atoms with Crippen LogP contribution in [0.15, 0.2) is 48.5 Å². The molecule has 0 aromatic heterocycles. The maximum atomic E-state index is 13.6. The number of anilines is 2. The fourth-order valence-corrected chi connectivity index (χ4v) is 4.18. The van der Waals surface area contributed by atoms with Gasteiger partial charge in [-0.05, 0) is 63.3 Å². The Bertz CT molecular complexity index is 989. The molecule has 172 valence electrons. The van der Waals surface area contributed by atoms with Gasteiger partial charge in [-0.1, -0.05) is 50.2 Å². The molecule has 1 aliphatic rings. The Labute approximate surface area is 190 Å². The molecule has 4 amide bonds. The summed E-state index contributed by atoms with van der Waals surface area (Å²) in [5.41, 5.74) is 2.22. The molecule has 0 aliphatic carbocycles. The minimum Gasteiger partial charge on any atom is -0.315 e. The maximum absolute atomic E-state index is 13.6. The Morgan fingerprint density at radius 2 is 1.69 bits per heavy atom. The van der Waals surface area contributed by atoms with Gasteiger partial charge in [-0.15, -0.1) is 0 Å². The van der Waals surface area contributed by atoms with Crippen molar-refractivity contribution in [3.8, 4) is 0 Å². The van der Waals surface area contributed by atoms with Crippen LogP contribution in [0.25, 0.3) is 0 Å². The smallest absolute Gasteiger partial charge is 0.315 e. The van der Waals surface area contributed by atoms with Crippen LogP contribution < -0.4 is 10.2 Å². The number of carbonyl (C=O) groups is 2. The van der Waals surface area contributed by atoms with Gasteiger partial charge in [-0.2, -0.15) is 5.06 Å². The Balaban J connectivity index is 2.00. The molecule has 0 radical (unpaired) electrons. The number of para-hydroxylation sites is 2. The topological polar surface area (TPSA) is 76.1 Å². The van der Waals surface area contributed by atoms with Gasteiger partial charge in [0.25, 0.3) is 0 Å². The summed E-state index contributed by atoms with van der Waals surface area (Å²) in [5, 5.41) is 14.6. The van der Waals surface area contributed by atoms with Crippen molar-refractivity contribution < 1.29 is 14.8 Å². The number of benzene rings is 2. The van der Waals surface area contributed by atoms with E-state index in [1.807, 2.05) is 70.2 Å². The predicted octanol–water partition coefficient (Wildman–Crippen LogP) is 5.62. The van der Waals surface area contributed by atoms with E-state index in [2.05, 4.69) is 19.2 Å². The van der Waals surface area contributed by atoms with Gasteiger partial charge < -0.3 is 10.2 Å². The average Bonchev–Trinajstić information content (AvgIpc) is 2.92. The van der Waals surface area contributed by atoms with Crippen molar-refractivity contribution >= 4 is 23.4 Å². The normalized spacial score (nSPS) is 17.8. The number of carbonyl (C=O) groups excluding carboxylic acids is 2. The Morgan fingerprint density at radius 3 is 2.28 bits per heavy atom. The largest absolute Gasteiger partial charge is 0.347 e. The molecule has 0 unspecified atom stereocenters. The predicted molar refractivity (Wildman–Crippen MR) is 127 cm³/mol. The second kappa shape index (κ2) is 9.20. The second-order valence-corrected chi connectivity index (χ2v) is 9.39. The van der Waals surface area contributed by atoms with Crippen LogP contribution in [0.5, 0.6) is 0 Å². The highest BCUT2D eigenvalue weighted by molar-refractivity contribution is 5.98. The number of hydroxylamine groups is 2. The first-order valence-corrected chi connectivity index (χ1v) is 11.1. The molecule has 7 nitrogen and oxygen atoms in total. The van der Waals surface area contributed by atoms with Crippen LogP contribution in [0.1, 0.15) is 45.2 Å². The van der Waals surface area contributed by atoms with E-state index in [-0.39, 0.29) is 6.03 Å². The Kier molecular flexibility index (Phi) is 6.79. The zero-order chi connectivity index (χ0) is 23.6. The second-order valence-electron chi connectivity index (χ2n) is 9.39. The van der Waals surface area contributed by atoms with Crippen LogP contribution in [-0.4, -0.2) is 45.5 Å². The van der Waals surface area contributed by atoms with E-state index in [1.54, 1.807) is 11.0 Å². The molecule has 0 saturated carbocycles. The molecule has 2 aromatic rings. The summed E-state index contributed by atoms with van der Waals surface area (Å²) in [6, 6.07) is 14.0. The lowest BCUT2D eigenvalue weighted by molar-refractivity contribution is -0.0950. The molecule has 1 fully saturated rings. The molecule has 2 aromatic carbocycles. The number of rotatable bonds is 6.